The first-order valence-corrected chi connectivity index (χ1v) is 10.8. The van der Waals surface area contributed by atoms with Crippen molar-refractivity contribution in [1.82, 2.24) is 19.0 Å². The van der Waals surface area contributed by atoms with Crippen molar-refractivity contribution in [2.45, 2.75) is 18.4 Å². The summed E-state index contributed by atoms with van der Waals surface area (Å²) in [4.78, 5) is 14.2. The Morgan fingerprint density at radius 3 is 2.45 bits per heavy atom. The van der Waals surface area contributed by atoms with Crippen molar-refractivity contribution < 1.29 is 17.6 Å². The fraction of sp³-hybridized carbons (Fsp3) is 0.300. The zero-order valence-electron chi connectivity index (χ0n) is 16.1. The monoisotopic (exact) mass is 414 g/mol. The third-order valence-corrected chi connectivity index (χ3v) is 6.76. The number of carbonyl (C=O) groups excluding carboxylic acids is 1. The number of furan rings is 1. The largest absolute Gasteiger partial charge is 0.456 e. The number of benzene rings is 1. The Labute approximate surface area is 169 Å². The molecule has 0 N–H and O–H groups in total. The van der Waals surface area contributed by atoms with Crippen LogP contribution in [0.25, 0.3) is 0 Å². The van der Waals surface area contributed by atoms with E-state index in [1.165, 1.54) is 10.5 Å². The quantitative estimate of drug-likeness (QED) is 0.637. The van der Waals surface area contributed by atoms with Crippen LogP contribution in [0.1, 0.15) is 21.9 Å². The highest BCUT2D eigenvalue weighted by atomic mass is 32.2. The van der Waals surface area contributed by atoms with E-state index in [9.17, 15) is 13.2 Å². The van der Waals surface area contributed by atoms with Crippen molar-refractivity contribution >= 4 is 15.9 Å². The van der Waals surface area contributed by atoms with Gasteiger partial charge in [-0.3, -0.25) is 9.48 Å². The van der Waals surface area contributed by atoms with Crippen LogP contribution >= 0.6 is 0 Å². The number of hydrogen-bond donors (Lipinski definition) is 0. The normalized spacial score (nSPS) is 15.6. The standard InChI is InChI=1S/C20H22N4O4S/c1-16-7-8-19(28-16)20(25)22-9-11-24(12-10-22)29(26,27)18-13-21-23(15-18)14-17-5-3-2-4-6-17/h2-8,13,15H,9-12,14H2,1H3. The Balaban J connectivity index is 1.41. The zero-order valence-corrected chi connectivity index (χ0v) is 16.9. The first-order valence-electron chi connectivity index (χ1n) is 9.36. The summed E-state index contributed by atoms with van der Waals surface area (Å²) in [5, 5.41) is 4.19. The van der Waals surface area contributed by atoms with E-state index in [-0.39, 0.29) is 29.7 Å². The predicted molar refractivity (Wildman–Crippen MR) is 106 cm³/mol. The van der Waals surface area contributed by atoms with Crippen LogP contribution in [0.2, 0.25) is 0 Å². The van der Waals surface area contributed by atoms with Gasteiger partial charge in [-0.05, 0) is 24.6 Å². The second-order valence-electron chi connectivity index (χ2n) is 6.97. The molecule has 8 nitrogen and oxygen atoms in total. The minimum atomic E-state index is -3.65. The SMILES string of the molecule is Cc1ccc(C(=O)N2CCN(S(=O)(=O)c3cnn(Cc4ccccc4)c3)CC2)o1. The lowest BCUT2D eigenvalue weighted by Crippen LogP contribution is -2.50. The fourth-order valence-corrected chi connectivity index (χ4v) is 4.70. The highest BCUT2D eigenvalue weighted by molar-refractivity contribution is 7.89. The Morgan fingerprint density at radius 1 is 1.07 bits per heavy atom. The zero-order chi connectivity index (χ0) is 20.4. The number of sulfonamides is 1. The molecule has 0 saturated carbocycles. The minimum Gasteiger partial charge on any atom is -0.456 e. The Bertz CT molecular complexity index is 1100. The summed E-state index contributed by atoms with van der Waals surface area (Å²) in [6.07, 6.45) is 2.92. The molecule has 1 saturated heterocycles. The molecular weight excluding hydrogens is 392 g/mol. The van der Waals surface area contributed by atoms with E-state index in [4.69, 9.17) is 4.42 Å². The maximum Gasteiger partial charge on any atom is 0.289 e. The summed E-state index contributed by atoms with van der Waals surface area (Å²) in [7, 11) is -3.65. The van der Waals surface area contributed by atoms with E-state index in [2.05, 4.69) is 5.10 Å². The van der Waals surface area contributed by atoms with Gasteiger partial charge in [-0.15, -0.1) is 0 Å². The number of aryl methyl sites for hydroxylation is 1. The third-order valence-electron chi connectivity index (χ3n) is 4.91. The third kappa shape index (κ3) is 4.10. The van der Waals surface area contributed by atoms with Crippen molar-refractivity contribution in [2.75, 3.05) is 26.2 Å². The number of aromatic nitrogens is 2. The van der Waals surface area contributed by atoms with Crippen LogP contribution in [-0.2, 0) is 16.6 Å². The molecule has 3 aromatic rings. The van der Waals surface area contributed by atoms with Gasteiger partial charge < -0.3 is 9.32 Å². The van der Waals surface area contributed by atoms with Gasteiger partial charge in [-0.25, -0.2) is 8.42 Å². The van der Waals surface area contributed by atoms with Crippen LogP contribution in [0.4, 0.5) is 0 Å². The Kier molecular flexibility index (Phi) is 5.25. The maximum absolute atomic E-state index is 13.0. The average Bonchev–Trinajstić information content (AvgIpc) is 3.38. The average molecular weight is 414 g/mol. The topological polar surface area (TPSA) is 88.7 Å². The summed E-state index contributed by atoms with van der Waals surface area (Å²) in [5.74, 6) is 0.730. The van der Waals surface area contributed by atoms with Crippen molar-refractivity contribution in [3.63, 3.8) is 0 Å². The second-order valence-corrected chi connectivity index (χ2v) is 8.90. The molecule has 3 heterocycles. The van der Waals surface area contributed by atoms with Gasteiger partial charge in [0.1, 0.15) is 10.7 Å². The molecule has 152 valence electrons. The number of piperazine rings is 1. The van der Waals surface area contributed by atoms with Gasteiger partial charge >= 0.3 is 0 Å². The van der Waals surface area contributed by atoms with Gasteiger partial charge in [0.25, 0.3) is 5.91 Å². The van der Waals surface area contributed by atoms with Crippen LogP contribution in [0.15, 0.2) is 64.2 Å². The van der Waals surface area contributed by atoms with Gasteiger partial charge in [0.15, 0.2) is 5.76 Å². The van der Waals surface area contributed by atoms with Crippen LogP contribution in [-0.4, -0.2) is 59.5 Å². The smallest absolute Gasteiger partial charge is 0.289 e. The molecule has 1 fully saturated rings. The minimum absolute atomic E-state index is 0.162. The van der Waals surface area contributed by atoms with E-state index in [1.807, 2.05) is 30.3 Å². The van der Waals surface area contributed by atoms with Crippen LogP contribution in [0.5, 0.6) is 0 Å². The molecule has 0 radical (unpaired) electrons. The first kappa shape index (κ1) is 19.4. The van der Waals surface area contributed by atoms with Crippen molar-refractivity contribution in [3.8, 4) is 0 Å². The number of amides is 1. The van der Waals surface area contributed by atoms with Gasteiger partial charge in [-0.1, -0.05) is 30.3 Å². The molecule has 4 rings (SSSR count). The molecular formula is C20H22N4O4S. The lowest BCUT2D eigenvalue weighted by Gasteiger charge is -2.33. The molecule has 1 amide bonds. The van der Waals surface area contributed by atoms with E-state index in [0.717, 1.165) is 5.56 Å². The van der Waals surface area contributed by atoms with Gasteiger partial charge in [0.05, 0.1) is 12.7 Å². The Hall–Kier alpha value is -2.91. The number of rotatable bonds is 5. The molecule has 0 aliphatic carbocycles. The predicted octanol–water partition coefficient (Wildman–Crippen LogP) is 1.98. The lowest BCUT2D eigenvalue weighted by molar-refractivity contribution is 0.0664. The summed E-state index contributed by atoms with van der Waals surface area (Å²) in [6, 6.07) is 13.1. The molecule has 0 spiro atoms. The van der Waals surface area contributed by atoms with Crippen LogP contribution in [0, 0.1) is 6.92 Å². The summed E-state index contributed by atoms with van der Waals surface area (Å²) in [6.45, 7) is 3.38. The highest BCUT2D eigenvalue weighted by Gasteiger charge is 2.32. The second kappa shape index (κ2) is 7.84. The summed E-state index contributed by atoms with van der Waals surface area (Å²) < 4.78 is 34.3. The van der Waals surface area contributed by atoms with Crippen molar-refractivity contribution in [2.24, 2.45) is 0 Å². The fourth-order valence-electron chi connectivity index (χ4n) is 3.32. The van der Waals surface area contributed by atoms with Gasteiger partial charge in [0, 0.05) is 32.4 Å². The van der Waals surface area contributed by atoms with E-state index in [0.29, 0.717) is 25.4 Å². The number of hydrogen-bond acceptors (Lipinski definition) is 5. The van der Waals surface area contributed by atoms with Crippen molar-refractivity contribution in [1.29, 1.82) is 0 Å². The Morgan fingerprint density at radius 2 is 1.79 bits per heavy atom. The molecule has 0 atom stereocenters. The molecule has 2 aromatic heterocycles. The molecule has 29 heavy (non-hydrogen) atoms. The van der Waals surface area contributed by atoms with Gasteiger partial charge in [0.2, 0.25) is 10.0 Å². The maximum atomic E-state index is 13.0. The molecule has 1 aromatic carbocycles. The first-order chi connectivity index (χ1) is 13.9. The van der Waals surface area contributed by atoms with Crippen LogP contribution in [0.3, 0.4) is 0 Å². The highest BCUT2D eigenvalue weighted by Crippen LogP contribution is 2.19. The van der Waals surface area contributed by atoms with Crippen LogP contribution < -0.4 is 0 Å². The van der Waals surface area contributed by atoms with E-state index < -0.39 is 10.0 Å². The number of carbonyl (C=O) groups is 1. The van der Waals surface area contributed by atoms with Gasteiger partial charge in [-0.2, -0.15) is 9.40 Å². The molecule has 1 aliphatic rings. The summed E-state index contributed by atoms with van der Waals surface area (Å²) >= 11 is 0. The van der Waals surface area contributed by atoms with Crippen molar-refractivity contribution in [3.05, 3.63) is 71.9 Å². The van der Waals surface area contributed by atoms with E-state index in [1.54, 1.807) is 34.8 Å². The molecule has 1 aliphatic heterocycles. The molecule has 9 heteroatoms. The molecule has 0 bridgehead atoms. The summed E-state index contributed by atoms with van der Waals surface area (Å²) in [5.41, 5.74) is 1.04. The lowest BCUT2D eigenvalue weighted by atomic mass is 10.2. The molecule has 0 unspecified atom stereocenters. The van der Waals surface area contributed by atoms with E-state index >= 15 is 0 Å². The number of nitrogens with zero attached hydrogens (tertiary/aromatic N) is 4.